The molecule has 2 N–H and O–H groups in total. The Morgan fingerprint density at radius 2 is 1.89 bits per heavy atom. The number of aromatic hydroxyl groups is 1. The minimum Gasteiger partial charge on any atom is -0.505 e. The number of rotatable bonds is 7. The predicted molar refractivity (Wildman–Crippen MR) is 130 cm³/mol. The van der Waals surface area contributed by atoms with Crippen molar-refractivity contribution < 1.29 is 27.5 Å². The van der Waals surface area contributed by atoms with Crippen LogP contribution in [0.15, 0.2) is 46.2 Å². The van der Waals surface area contributed by atoms with E-state index in [0.29, 0.717) is 0 Å². The average Bonchev–Trinajstić information content (AvgIpc) is 2.81. The van der Waals surface area contributed by atoms with Gasteiger partial charge in [0.05, 0.1) is 10.4 Å². The van der Waals surface area contributed by atoms with Crippen LogP contribution in [0.2, 0.25) is 0 Å². The van der Waals surface area contributed by atoms with Crippen LogP contribution in [-0.4, -0.2) is 78.8 Å². The average molecular weight is 520 g/mol. The van der Waals surface area contributed by atoms with E-state index >= 15 is 0 Å². The number of sulfone groups is 1. The van der Waals surface area contributed by atoms with Crippen molar-refractivity contribution in [3.8, 4) is 5.75 Å². The fraction of sp³-hybridized carbons (Fsp3) is 0.304. The molecule has 0 atom stereocenters. The Balaban J connectivity index is 1.99. The molecule has 13 heteroatoms. The Kier molecular flexibility index (Phi) is 7.62. The maximum absolute atomic E-state index is 13.6. The molecule has 2 heterocycles. The molecule has 2 aromatic heterocycles. The summed E-state index contributed by atoms with van der Waals surface area (Å²) in [6, 6.07) is 5.93. The zero-order valence-electron chi connectivity index (χ0n) is 20.1. The minimum absolute atomic E-state index is 0.00227. The van der Waals surface area contributed by atoms with Crippen LogP contribution in [0.1, 0.15) is 15.9 Å². The number of benzene rings is 1. The molecule has 0 aliphatic carbocycles. The van der Waals surface area contributed by atoms with Gasteiger partial charge in [-0.1, -0.05) is 6.07 Å². The first kappa shape index (κ1) is 26.6. The third kappa shape index (κ3) is 5.46. The van der Waals surface area contributed by atoms with Crippen molar-refractivity contribution in [2.45, 2.75) is 18.0 Å². The van der Waals surface area contributed by atoms with Crippen molar-refractivity contribution in [2.24, 2.45) is 0 Å². The van der Waals surface area contributed by atoms with Gasteiger partial charge >= 0.3 is 6.03 Å². The summed E-state index contributed by atoms with van der Waals surface area (Å²) in [4.78, 5) is 45.0. The number of amides is 3. The largest absolute Gasteiger partial charge is 0.505 e. The van der Waals surface area contributed by atoms with Crippen molar-refractivity contribution in [1.82, 2.24) is 24.7 Å². The number of aromatic nitrogens is 2. The third-order valence-electron chi connectivity index (χ3n) is 5.46. The summed E-state index contributed by atoms with van der Waals surface area (Å²) >= 11 is 0. The number of likely N-dealkylation sites (N-methyl/N-ethyl adjacent to an activating group) is 1. The number of carbonyl (C=O) groups excluding carboxylic acids is 2. The molecular weight excluding hydrogens is 493 g/mol. The molecule has 1 aromatic carbocycles. The van der Waals surface area contributed by atoms with Crippen LogP contribution in [0.5, 0.6) is 5.75 Å². The fourth-order valence-corrected chi connectivity index (χ4v) is 4.60. The second-order valence-electron chi connectivity index (χ2n) is 8.36. The Hall–Kier alpha value is -4.00. The number of hydrogen-bond acceptors (Lipinski definition) is 7. The normalized spacial score (nSPS) is 11.4. The van der Waals surface area contributed by atoms with E-state index < -0.39 is 38.4 Å². The van der Waals surface area contributed by atoms with E-state index in [4.69, 9.17) is 0 Å². The number of nitrogens with one attached hydrogen (secondary N) is 1. The van der Waals surface area contributed by atoms with E-state index in [2.05, 4.69) is 10.3 Å². The van der Waals surface area contributed by atoms with Crippen molar-refractivity contribution in [2.75, 3.05) is 33.9 Å². The van der Waals surface area contributed by atoms with Crippen LogP contribution in [0.3, 0.4) is 0 Å². The predicted octanol–water partition coefficient (Wildman–Crippen LogP) is 1.19. The third-order valence-corrected chi connectivity index (χ3v) is 6.64. The molecule has 0 saturated heterocycles. The first-order chi connectivity index (χ1) is 16.8. The van der Waals surface area contributed by atoms with Gasteiger partial charge in [-0.25, -0.2) is 17.6 Å². The highest BCUT2D eigenvalue weighted by Gasteiger charge is 2.24. The van der Waals surface area contributed by atoms with Crippen LogP contribution >= 0.6 is 0 Å². The van der Waals surface area contributed by atoms with Crippen LogP contribution in [0.25, 0.3) is 11.0 Å². The zero-order valence-corrected chi connectivity index (χ0v) is 21.0. The van der Waals surface area contributed by atoms with Gasteiger partial charge in [-0.15, -0.1) is 0 Å². The Morgan fingerprint density at radius 1 is 1.19 bits per heavy atom. The van der Waals surface area contributed by atoms with E-state index in [-0.39, 0.29) is 47.2 Å². The standard InChI is InChI=1S/C23H26FN5O6S/c1-27(2)23(33)28(3)10-11-29-16-6-5-9-25-19(16)20(30)18(22(29)32)21(31)26-13-14-7-8-15(24)12-17(14)36(4,34)35/h5-9,12,30H,10-11,13H2,1-4H3,(H,26,31). The van der Waals surface area contributed by atoms with Gasteiger partial charge < -0.3 is 24.8 Å². The van der Waals surface area contributed by atoms with E-state index in [0.717, 1.165) is 18.4 Å². The summed E-state index contributed by atoms with van der Waals surface area (Å²) in [5.74, 6) is -2.37. The molecule has 0 spiro atoms. The molecule has 3 amide bonds. The molecule has 36 heavy (non-hydrogen) atoms. The summed E-state index contributed by atoms with van der Waals surface area (Å²) < 4.78 is 38.9. The van der Waals surface area contributed by atoms with Gasteiger partial charge in [0.1, 0.15) is 16.9 Å². The molecular formula is C23H26FN5O6S. The van der Waals surface area contributed by atoms with Crippen LogP contribution < -0.4 is 10.9 Å². The summed E-state index contributed by atoms with van der Waals surface area (Å²) in [6.07, 6.45) is 2.29. The van der Waals surface area contributed by atoms with Crippen molar-refractivity contribution in [3.05, 3.63) is 63.8 Å². The van der Waals surface area contributed by atoms with Gasteiger partial charge in [-0.2, -0.15) is 0 Å². The molecule has 0 bridgehead atoms. The lowest BCUT2D eigenvalue weighted by atomic mass is 10.1. The van der Waals surface area contributed by atoms with Crippen molar-refractivity contribution >= 4 is 32.8 Å². The van der Waals surface area contributed by atoms with Crippen molar-refractivity contribution in [3.63, 3.8) is 0 Å². The number of nitrogens with zero attached hydrogens (tertiary/aromatic N) is 4. The maximum atomic E-state index is 13.6. The number of fused-ring (bicyclic) bond motifs is 1. The summed E-state index contributed by atoms with van der Waals surface area (Å²) in [5.41, 5.74) is -1.04. The second-order valence-corrected chi connectivity index (χ2v) is 10.3. The number of carbonyl (C=O) groups is 2. The van der Waals surface area contributed by atoms with Gasteiger partial charge in [0.2, 0.25) is 0 Å². The lowest BCUT2D eigenvalue weighted by molar-refractivity contribution is 0.0945. The minimum atomic E-state index is -3.80. The lowest BCUT2D eigenvalue weighted by Crippen LogP contribution is -2.40. The van der Waals surface area contributed by atoms with E-state index in [1.54, 1.807) is 33.3 Å². The summed E-state index contributed by atoms with van der Waals surface area (Å²) in [5, 5.41) is 13.1. The molecule has 0 radical (unpaired) electrons. The molecule has 0 aliphatic rings. The molecule has 0 unspecified atom stereocenters. The number of hydrogen-bond donors (Lipinski definition) is 2. The molecule has 0 saturated carbocycles. The summed E-state index contributed by atoms with van der Waals surface area (Å²) in [7, 11) is 0.932. The van der Waals surface area contributed by atoms with Crippen LogP contribution in [0.4, 0.5) is 9.18 Å². The monoisotopic (exact) mass is 519 g/mol. The van der Waals surface area contributed by atoms with Crippen molar-refractivity contribution in [1.29, 1.82) is 0 Å². The first-order valence-electron chi connectivity index (χ1n) is 10.7. The molecule has 11 nitrogen and oxygen atoms in total. The second kappa shape index (κ2) is 10.3. The Bertz CT molecular complexity index is 1500. The van der Waals surface area contributed by atoms with Gasteiger partial charge in [-0.05, 0) is 29.8 Å². The molecule has 0 aliphatic heterocycles. The molecule has 3 rings (SSSR count). The highest BCUT2D eigenvalue weighted by molar-refractivity contribution is 7.90. The van der Waals surface area contributed by atoms with Gasteiger partial charge in [-0.3, -0.25) is 14.6 Å². The zero-order chi connectivity index (χ0) is 26.8. The highest BCUT2D eigenvalue weighted by Crippen LogP contribution is 2.24. The Labute approximate surface area is 206 Å². The first-order valence-corrected chi connectivity index (χ1v) is 12.6. The Morgan fingerprint density at radius 3 is 2.53 bits per heavy atom. The van der Waals surface area contributed by atoms with Crippen LogP contribution in [0, 0.1) is 5.82 Å². The summed E-state index contributed by atoms with van der Waals surface area (Å²) in [6.45, 7) is -0.214. The maximum Gasteiger partial charge on any atom is 0.319 e. The quantitative estimate of drug-likeness (QED) is 0.477. The number of urea groups is 1. The molecule has 0 fully saturated rings. The lowest BCUT2D eigenvalue weighted by Gasteiger charge is -2.22. The van der Waals surface area contributed by atoms with E-state index in [1.807, 2.05) is 0 Å². The number of pyridine rings is 2. The fourth-order valence-electron chi connectivity index (χ4n) is 3.66. The molecule has 3 aromatic rings. The number of halogens is 1. The van der Waals surface area contributed by atoms with E-state index in [1.165, 1.54) is 26.6 Å². The highest BCUT2D eigenvalue weighted by atomic mass is 32.2. The van der Waals surface area contributed by atoms with Gasteiger partial charge in [0.25, 0.3) is 11.5 Å². The van der Waals surface area contributed by atoms with Crippen LogP contribution in [-0.2, 0) is 22.9 Å². The SMILES string of the molecule is CN(C)C(=O)N(C)CCn1c(=O)c(C(=O)NCc2ccc(F)cc2S(C)(=O)=O)c(O)c2ncccc21. The van der Waals surface area contributed by atoms with Gasteiger partial charge in [0, 0.05) is 53.2 Å². The molecule has 192 valence electrons. The van der Waals surface area contributed by atoms with E-state index in [9.17, 15) is 32.3 Å². The smallest absolute Gasteiger partial charge is 0.319 e. The van der Waals surface area contributed by atoms with Gasteiger partial charge in [0.15, 0.2) is 15.6 Å². The topological polar surface area (TPSA) is 142 Å².